The van der Waals surface area contributed by atoms with E-state index in [0.717, 1.165) is 0 Å². The number of halogens is 1. The van der Waals surface area contributed by atoms with Gasteiger partial charge in [0.1, 0.15) is 11.4 Å². The highest BCUT2D eigenvalue weighted by Gasteiger charge is 2.53. The Balaban J connectivity index is 1.97. The molecule has 0 radical (unpaired) electrons. The third-order valence-electron chi connectivity index (χ3n) is 4.55. The molecule has 21 heavy (non-hydrogen) atoms. The van der Waals surface area contributed by atoms with E-state index in [1.165, 1.54) is 11.4 Å². The summed E-state index contributed by atoms with van der Waals surface area (Å²) in [5.41, 5.74) is -1.07. The highest BCUT2D eigenvalue weighted by molar-refractivity contribution is 7.86. The SMILES string of the molecule is COc1ccccc1C1(F)CC2CCC(C1)N2S(N)(=O)=O. The number of fused-ring (bicyclic) bond motifs is 2. The molecule has 0 saturated carbocycles. The van der Waals surface area contributed by atoms with Gasteiger partial charge in [0.15, 0.2) is 0 Å². The first-order valence-electron chi connectivity index (χ1n) is 6.99. The van der Waals surface area contributed by atoms with Gasteiger partial charge in [-0.2, -0.15) is 12.7 Å². The van der Waals surface area contributed by atoms with Crippen LogP contribution in [-0.4, -0.2) is 31.9 Å². The average molecular weight is 314 g/mol. The van der Waals surface area contributed by atoms with E-state index >= 15 is 4.39 Å². The zero-order valence-corrected chi connectivity index (χ0v) is 12.6. The van der Waals surface area contributed by atoms with Gasteiger partial charge in [0.25, 0.3) is 10.2 Å². The van der Waals surface area contributed by atoms with E-state index in [1.807, 2.05) is 0 Å². The zero-order chi connectivity index (χ0) is 15.3. The quantitative estimate of drug-likeness (QED) is 0.923. The van der Waals surface area contributed by atoms with Crippen molar-refractivity contribution in [3.63, 3.8) is 0 Å². The third kappa shape index (κ3) is 2.43. The van der Waals surface area contributed by atoms with Gasteiger partial charge in [-0.1, -0.05) is 18.2 Å². The standard InChI is InChI=1S/C14H19FN2O3S/c1-20-13-5-3-2-4-12(13)14(15)8-10-6-7-11(9-14)17(10)21(16,18)19/h2-5,10-11H,6-9H2,1H3,(H2,16,18,19). The minimum absolute atomic E-state index is 0.125. The van der Waals surface area contributed by atoms with Crippen molar-refractivity contribution in [1.82, 2.24) is 4.31 Å². The predicted molar refractivity (Wildman–Crippen MR) is 76.8 cm³/mol. The van der Waals surface area contributed by atoms with Crippen molar-refractivity contribution in [3.05, 3.63) is 29.8 Å². The van der Waals surface area contributed by atoms with E-state index < -0.39 is 15.9 Å². The Labute approximate surface area is 124 Å². The van der Waals surface area contributed by atoms with E-state index in [9.17, 15) is 8.42 Å². The van der Waals surface area contributed by atoms with Gasteiger partial charge < -0.3 is 4.74 Å². The lowest BCUT2D eigenvalue weighted by atomic mass is 9.82. The van der Waals surface area contributed by atoms with E-state index in [1.54, 1.807) is 24.3 Å². The molecule has 0 amide bonds. The lowest BCUT2D eigenvalue weighted by Crippen LogP contribution is -2.52. The summed E-state index contributed by atoms with van der Waals surface area (Å²) >= 11 is 0. The van der Waals surface area contributed by atoms with E-state index in [0.29, 0.717) is 24.2 Å². The number of hydrogen-bond acceptors (Lipinski definition) is 3. The average Bonchev–Trinajstić information content (AvgIpc) is 2.72. The lowest BCUT2D eigenvalue weighted by Gasteiger charge is -2.41. The molecule has 2 saturated heterocycles. The van der Waals surface area contributed by atoms with Gasteiger partial charge in [0, 0.05) is 30.5 Å². The van der Waals surface area contributed by atoms with Crippen molar-refractivity contribution in [2.24, 2.45) is 5.14 Å². The summed E-state index contributed by atoms with van der Waals surface area (Å²) in [6, 6.07) is 6.27. The summed E-state index contributed by atoms with van der Waals surface area (Å²) in [5, 5.41) is 5.27. The molecule has 1 aromatic rings. The molecule has 5 nitrogen and oxygen atoms in total. The summed E-state index contributed by atoms with van der Waals surface area (Å²) in [6.45, 7) is 0. The molecule has 1 aromatic carbocycles. The van der Waals surface area contributed by atoms with Crippen molar-refractivity contribution in [2.45, 2.75) is 43.4 Å². The van der Waals surface area contributed by atoms with Crippen LogP contribution >= 0.6 is 0 Å². The summed E-state index contributed by atoms with van der Waals surface area (Å²) in [5.74, 6) is 0.503. The van der Waals surface area contributed by atoms with Crippen LogP contribution in [0.2, 0.25) is 0 Å². The van der Waals surface area contributed by atoms with Crippen LogP contribution in [0.15, 0.2) is 24.3 Å². The Kier molecular flexibility index (Phi) is 3.46. The number of nitrogens with two attached hydrogens (primary N) is 1. The number of methoxy groups -OCH3 is 1. The van der Waals surface area contributed by atoms with Crippen LogP contribution in [0.25, 0.3) is 0 Å². The molecule has 0 aliphatic carbocycles. The van der Waals surface area contributed by atoms with Gasteiger partial charge in [-0.15, -0.1) is 0 Å². The maximum absolute atomic E-state index is 15.5. The highest BCUT2D eigenvalue weighted by Crippen LogP contribution is 2.50. The fourth-order valence-electron chi connectivity index (χ4n) is 3.80. The molecular weight excluding hydrogens is 295 g/mol. The first kappa shape index (κ1) is 14.7. The second-order valence-electron chi connectivity index (χ2n) is 5.83. The summed E-state index contributed by atoms with van der Waals surface area (Å²) < 4.78 is 45.4. The normalized spacial score (nSPS) is 33.1. The molecule has 2 aliphatic heterocycles. The Bertz CT molecular complexity index is 635. The largest absolute Gasteiger partial charge is 0.496 e. The number of nitrogens with zero attached hydrogens (tertiary/aromatic N) is 1. The van der Waals surface area contributed by atoms with Gasteiger partial charge in [-0.25, -0.2) is 9.53 Å². The minimum Gasteiger partial charge on any atom is -0.496 e. The van der Waals surface area contributed by atoms with Crippen LogP contribution in [0.1, 0.15) is 31.2 Å². The van der Waals surface area contributed by atoms with E-state index in [4.69, 9.17) is 9.88 Å². The summed E-state index contributed by atoms with van der Waals surface area (Å²) in [7, 11) is -2.26. The Hall–Kier alpha value is -1.18. The minimum atomic E-state index is -3.77. The van der Waals surface area contributed by atoms with Crippen molar-refractivity contribution < 1.29 is 17.5 Å². The van der Waals surface area contributed by atoms with Gasteiger partial charge in [-0.05, 0) is 18.9 Å². The van der Waals surface area contributed by atoms with Crippen LogP contribution in [0.5, 0.6) is 5.75 Å². The Morgan fingerprint density at radius 2 is 1.86 bits per heavy atom. The molecule has 2 atom stereocenters. The molecule has 2 bridgehead atoms. The van der Waals surface area contributed by atoms with Crippen molar-refractivity contribution >= 4 is 10.2 Å². The number of rotatable bonds is 3. The van der Waals surface area contributed by atoms with Crippen LogP contribution < -0.4 is 9.88 Å². The lowest BCUT2D eigenvalue weighted by molar-refractivity contribution is 0.0459. The smallest absolute Gasteiger partial charge is 0.277 e. The van der Waals surface area contributed by atoms with Crippen molar-refractivity contribution in [3.8, 4) is 5.75 Å². The second-order valence-corrected chi connectivity index (χ2v) is 7.29. The van der Waals surface area contributed by atoms with Gasteiger partial charge >= 0.3 is 0 Å². The highest BCUT2D eigenvalue weighted by atomic mass is 32.2. The first-order chi connectivity index (χ1) is 9.85. The van der Waals surface area contributed by atoms with E-state index in [-0.39, 0.29) is 24.9 Å². The fraction of sp³-hybridized carbons (Fsp3) is 0.571. The summed E-state index contributed by atoms with van der Waals surface area (Å²) in [4.78, 5) is 0. The number of piperidine rings is 1. The number of alkyl halides is 1. The molecular formula is C14H19FN2O3S. The monoisotopic (exact) mass is 314 g/mol. The van der Waals surface area contributed by atoms with Crippen molar-refractivity contribution in [2.75, 3.05) is 7.11 Å². The second kappa shape index (κ2) is 4.93. The van der Waals surface area contributed by atoms with Crippen LogP contribution in [-0.2, 0) is 15.9 Å². The molecule has 0 spiro atoms. The van der Waals surface area contributed by atoms with Gasteiger partial charge in [0.05, 0.1) is 7.11 Å². The fourth-order valence-corrected chi connectivity index (χ4v) is 4.99. The molecule has 2 aliphatic rings. The maximum Gasteiger partial charge on any atom is 0.277 e. The molecule has 2 fully saturated rings. The molecule has 116 valence electrons. The maximum atomic E-state index is 15.5. The molecule has 0 aromatic heterocycles. The predicted octanol–water partition coefficient (Wildman–Crippen LogP) is 1.69. The van der Waals surface area contributed by atoms with Crippen LogP contribution in [0, 0.1) is 0 Å². The van der Waals surface area contributed by atoms with Crippen LogP contribution in [0.4, 0.5) is 4.39 Å². The van der Waals surface area contributed by atoms with Gasteiger partial charge in [-0.3, -0.25) is 0 Å². The molecule has 7 heteroatoms. The van der Waals surface area contributed by atoms with E-state index in [2.05, 4.69) is 0 Å². The number of benzene rings is 1. The first-order valence-corrected chi connectivity index (χ1v) is 8.49. The summed E-state index contributed by atoms with van der Waals surface area (Å²) in [6.07, 6.45) is 1.56. The van der Waals surface area contributed by atoms with Crippen molar-refractivity contribution in [1.29, 1.82) is 0 Å². The van der Waals surface area contributed by atoms with Gasteiger partial charge in [0.2, 0.25) is 0 Å². The Morgan fingerprint density at radius 3 is 2.38 bits per heavy atom. The molecule has 2 heterocycles. The van der Waals surface area contributed by atoms with Crippen LogP contribution in [0.3, 0.4) is 0 Å². The number of ether oxygens (including phenoxy) is 1. The molecule has 2 unspecified atom stereocenters. The number of hydrogen-bond donors (Lipinski definition) is 1. The molecule has 3 rings (SSSR count). The number of para-hydroxylation sites is 1. The zero-order valence-electron chi connectivity index (χ0n) is 11.8. The molecule has 2 N–H and O–H groups in total. The Morgan fingerprint density at radius 1 is 1.29 bits per heavy atom. The topological polar surface area (TPSA) is 72.6 Å². The third-order valence-corrected chi connectivity index (χ3v) is 5.74.